The summed E-state index contributed by atoms with van der Waals surface area (Å²) >= 11 is 0. The molecule has 0 radical (unpaired) electrons. The van der Waals surface area contributed by atoms with Gasteiger partial charge in [0.1, 0.15) is 0 Å². The van der Waals surface area contributed by atoms with E-state index in [4.69, 9.17) is 5.73 Å². The van der Waals surface area contributed by atoms with E-state index in [0.717, 1.165) is 25.3 Å². The molecule has 2 rings (SSSR count). The summed E-state index contributed by atoms with van der Waals surface area (Å²) in [5, 5.41) is 0. The van der Waals surface area contributed by atoms with Crippen molar-refractivity contribution in [3.63, 3.8) is 0 Å². The molecular formula is C15H25N3O2S. The van der Waals surface area contributed by atoms with Gasteiger partial charge < -0.3 is 10.6 Å². The van der Waals surface area contributed by atoms with Crippen LogP contribution < -0.4 is 10.6 Å². The van der Waals surface area contributed by atoms with Gasteiger partial charge in [0.05, 0.1) is 16.3 Å². The van der Waals surface area contributed by atoms with Crippen molar-refractivity contribution in [1.29, 1.82) is 0 Å². The van der Waals surface area contributed by atoms with Crippen LogP contribution >= 0.6 is 0 Å². The van der Waals surface area contributed by atoms with Gasteiger partial charge in [-0.05, 0) is 44.1 Å². The lowest BCUT2D eigenvalue weighted by atomic mass is 10.2. The third kappa shape index (κ3) is 3.68. The molecule has 0 spiro atoms. The van der Waals surface area contributed by atoms with Crippen LogP contribution in [0.25, 0.3) is 0 Å². The monoisotopic (exact) mass is 311 g/mol. The molecule has 0 aliphatic carbocycles. The number of sulfone groups is 1. The van der Waals surface area contributed by atoms with Crippen molar-refractivity contribution in [3.05, 3.63) is 18.2 Å². The van der Waals surface area contributed by atoms with E-state index in [-0.39, 0.29) is 4.90 Å². The molecule has 1 aromatic carbocycles. The van der Waals surface area contributed by atoms with Gasteiger partial charge in [0.2, 0.25) is 0 Å². The van der Waals surface area contributed by atoms with Gasteiger partial charge in [-0.3, -0.25) is 4.90 Å². The minimum atomic E-state index is -3.21. The maximum atomic E-state index is 11.6. The van der Waals surface area contributed by atoms with Crippen LogP contribution in [0.4, 0.5) is 11.4 Å². The molecule has 1 atom stereocenters. The number of nitrogens with two attached hydrogens (primary N) is 1. The van der Waals surface area contributed by atoms with Crippen molar-refractivity contribution in [2.24, 2.45) is 0 Å². The molecule has 2 N–H and O–H groups in total. The number of likely N-dealkylation sites (N-methyl/N-ethyl adjacent to an activating group) is 2. The Bertz CT molecular complexity index is 601. The first-order valence-electron chi connectivity index (χ1n) is 7.37. The summed E-state index contributed by atoms with van der Waals surface area (Å²) in [5.74, 6) is 0. The predicted molar refractivity (Wildman–Crippen MR) is 87.5 cm³/mol. The van der Waals surface area contributed by atoms with Crippen molar-refractivity contribution in [2.45, 2.75) is 30.7 Å². The second-order valence-electron chi connectivity index (χ2n) is 5.80. The Kier molecular flexibility index (Phi) is 4.78. The van der Waals surface area contributed by atoms with Crippen LogP contribution in [0.1, 0.15) is 19.8 Å². The Hall–Kier alpha value is -1.27. The van der Waals surface area contributed by atoms with Gasteiger partial charge in [0.15, 0.2) is 9.84 Å². The van der Waals surface area contributed by atoms with Gasteiger partial charge in [0.25, 0.3) is 0 Å². The Balaban J connectivity index is 2.14. The zero-order valence-corrected chi connectivity index (χ0v) is 13.9. The van der Waals surface area contributed by atoms with Crippen molar-refractivity contribution >= 4 is 21.2 Å². The molecule has 0 aromatic heterocycles. The number of rotatable bonds is 5. The molecule has 1 aliphatic heterocycles. The van der Waals surface area contributed by atoms with Crippen LogP contribution in [0.15, 0.2) is 23.1 Å². The first kappa shape index (κ1) is 16.1. The molecule has 5 nitrogen and oxygen atoms in total. The molecule has 0 bridgehead atoms. The molecule has 21 heavy (non-hydrogen) atoms. The molecule has 1 unspecified atom stereocenters. The molecule has 0 amide bonds. The van der Waals surface area contributed by atoms with Crippen LogP contribution in [0.5, 0.6) is 0 Å². The Labute approximate surface area is 127 Å². The molecule has 1 aromatic rings. The van der Waals surface area contributed by atoms with Gasteiger partial charge in [-0.15, -0.1) is 0 Å². The number of benzene rings is 1. The summed E-state index contributed by atoms with van der Waals surface area (Å²) < 4.78 is 23.1. The number of likely N-dealkylation sites (tertiary alicyclic amines) is 1. The fourth-order valence-electron chi connectivity index (χ4n) is 3.04. The lowest BCUT2D eigenvalue weighted by Gasteiger charge is -2.29. The maximum absolute atomic E-state index is 11.6. The van der Waals surface area contributed by atoms with Crippen LogP contribution in [-0.2, 0) is 9.84 Å². The number of anilines is 2. The van der Waals surface area contributed by atoms with E-state index < -0.39 is 9.84 Å². The van der Waals surface area contributed by atoms with Gasteiger partial charge in [0, 0.05) is 25.9 Å². The first-order chi connectivity index (χ1) is 9.82. The van der Waals surface area contributed by atoms with E-state index in [1.165, 1.54) is 19.1 Å². The summed E-state index contributed by atoms with van der Waals surface area (Å²) in [5.41, 5.74) is 7.45. The number of nitrogens with zero attached hydrogens (tertiary/aromatic N) is 2. The molecule has 1 saturated heterocycles. The fraction of sp³-hybridized carbons (Fsp3) is 0.600. The molecule has 0 saturated carbocycles. The highest BCUT2D eigenvalue weighted by atomic mass is 32.2. The standard InChI is InChI=1S/C15H25N3O2S/c1-4-18-9-5-6-12(18)11-17(2)15-8-7-13(10-14(15)16)21(3,19)20/h7-8,10,12H,4-6,9,11,16H2,1-3H3. The maximum Gasteiger partial charge on any atom is 0.175 e. The van der Waals surface area contributed by atoms with E-state index in [2.05, 4.69) is 16.7 Å². The van der Waals surface area contributed by atoms with Crippen molar-refractivity contribution in [1.82, 2.24) is 4.90 Å². The average Bonchev–Trinajstić information content (AvgIpc) is 2.84. The second kappa shape index (κ2) is 6.23. The van der Waals surface area contributed by atoms with Gasteiger partial charge in [-0.25, -0.2) is 8.42 Å². The highest BCUT2D eigenvalue weighted by Gasteiger charge is 2.24. The smallest absolute Gasteiger partial charge is 0.175 e. The van der Waals surface area contributed by atoms with Crippen LogP contribution in [0.3, 0.4) is 0 Å². The minimum Gasteiger partial charge on any atom is -0.397 e. The van der Waals surface area contributed by atoms with E-state index in [9.17, 15) is 8.42 Å². The fourth-order valence-corrected chi connectivity index (χ4v) is 3.70. The first-order valence-corrected chi connectivity index (χ1v) is 9.27. The van der Waals surface area contributed by atoms with E-state index in [1.54, 1.807) is 18.2 Å². The van der Waals surface area contributed by atoms with E-state index in [0.29, 0.717) is 11.7 Å². The highest BCUT2D eigenvalue weighted by Crippen LogP contribution is 2.27. The molecule has 1 aliphatic rings. The number of hydrogen-bond acceptors (Lipinski definition) is 5. The van der Waals surface area contributed by atoms with E-state index >= 15 is 0 Å². The third-order valence-corrected chi connectivity index (χ3v) is 5.34. The van der Waals surface area contributed by atoms with Crippen LogP contribution in [-0.4, -0.2) is 52.3 Å². The number of nitrogen functional groups attached to an aromatic ring is 1. The molecule has 6 heteroatoms. The van der Waals surface area contributed by atoms with E-state index in [1.807, 2.05) is 7.05 Å². The quantitative estimate of drug-likeness (QED) is 0.837. The zero-order chi connectivity index (χ0) is 15.6. The second-order valence-corrected chi connectivity index (χ2v) is 7.81. The highest BCUT2D eigenvalue weighted by molar-refractivity contribution is 7.90. The SMILES string of the molecule is CCN1CCCC1CN(C)c1ccc(S(C)(=O)=O)cc1N. The summed E-state index contributed by atoms with van der Waals surface area (Å²) in [7, 11) is -1.20. The Morgan fingerprint density at radius 3 is 2.71 bits per heavy atom. The topological polar surface area (TPSA) is 66.6 Å². The summed E-state index contributed by atoms with van der Waals surface area (Å²) in [6, 6.07) is 5.53. The summed E-state index contributed by atoms with van der Waals surface area (Å²) in [4.78, 5) is 4.88. The number of hydrogen-bond donors (Lipinski definition) is 1. The van der Waals surface area contributed by atoms with Crippen LogP contribution in [0.2, 0.25) is 0 Å². The van der Waals surface area contributed by atoms with Crippen molar-refractivity contribution in [3.8, 4) is 0 Å². The average molecular weight is 311 g/mol. The summed E-state index contributed by atoms with van der Waals surface area (Å²) in [6.07, 6.45) is 3.65. The van der Waals surface area contributed by atoms with Gasteiger partial charge >= 0.3 is 0 Å². The Morgan fingerprint density at radius 2 is 2.14 bits per heavy atom. The largest absolute Gasteiger partial charge is 0.397 e. The third-order valence-electron chi connectivity index (χ3n) is 4.23. The molecule has 1 fully saturated rings. The molecule has 118 valence electrons. The van der Waals surface area contributed by atoms with Gasteiger partial charge in [-0.2, -0.15) is 0 Å². The lowest BCUT2D eigenvalue weighted by Crippen LogP contribution is -2.38. The lowest BCUT2D eigenvalue weighted by molar-refractivity contribution is 0.270. The summed E-state index contributed by atoms with van der Waals surface area (Å²) in [6.45, 7) is 5.34. The predicted octanol–water partition coefficient (Wildman–Crippen LogP) is 1.59. The van der Waals surface area contributed by atoms with Crippen molar-refractivity contribution < 1.29 is 8.42 Å². The molecular weight excluding hydrogens is 286 g/mol. The normalized spacial score (nSPS) is 19.9. The zero-order valence-electron chi connectivity index (χ0n) is 13.0. The van der Waals surface area contributed by atoms with Gasteiger partial charge in [-0.1, -0.05) is 6.92 Å². The van der Waals surface area contributed by atoms with Crippen molar-refractivity contribution in [2.75, 3.05) is 43.6 Å². The Morgan fingerprint density at radius 1 is 1.43 bits per heavy atom. The minimum absolute atomic E-state index is 0.271. The van der Waals surface area contributed by atoms with Crippen LogP contribution in [0, 0.1) is 0 Å². The molecule has 1 heterocycles.